The number of rotatable bonds is 10. The minimum atomic E-state index is -0.250. The van der Waals surface area contributed by atoms with Crippen molar-refractivity contribution < 1.29 is 79.2 Å². The Hall–Kier alpha value is -15.7. The maximum Gasteiger partial charge on any atom is 0.290 e. The lowest BCUT2D eigenvalue weighted by molar-refractivity contribution is -0.123. The van der Waals surface area contributed by atoms with E-state index in [4.69, 9.17) is 79.2 Å². The monoisotopic (exact) mass is 1500 g/mol. The first-order chi connectivity index (χ1) is 53.5. The van der Waals surface area contributed by atoms with Crippen LogP contribution in [0.1, 0.15) is 69.5 Å². The molecule has 0 bridgehead atoms. The molecule has 0 fully saturated rings. The summed E-state index contributed by atoms with van der Waals surface area (Å²) in [4.78, 5) is 97.7. The van der Waals surface area contributed by atoms with Crippen molar-refractivity contribution in [3.05, 3.63) is 404 Å². The SMILES string of the molecule is C=CC.C=CC.C=Cc1ccccc1.C=Cc1ccccc1.C=Cc1ccncc1.C=Cc1ccncc1.C=Cc1ccncc1.C=Cc1ccncc1.C=Cc1ccncc1.C=Cc1ccncc1.C=Cc1ccncc1.C=Cc1ccncc1.O=CO.O=CO.O=CO.O=CO.O=CO.O=CO.O=CO.O=CO. The van der Waals surface area contributed by atoms with Gasteiger partial charge in [0, 0.05) is 99.1 Å². The van der Waals surface area contributed by atoms with Gasteiger partial charge < -0.3 is 40.9 Å². The number of hydrogen-bond acceptors (Lipinski definition) is 16. The van der Waals surface area contributed by atoms with E-state index in [2.05, 4.69) is 119 Å². The van der Waals surface area contributed by atoms with Crippen LogP contribution in [0.3, 0.4) is 0 Å². The van der Waals surface area contributed by atoms with Gasteiger partial charge in [0.15, 0.2) is 0 Å². The highest BCUT2D eigenvalue weighted by molar-refractivity contribution is 5.50. The fraction of sp³-hybridized carbons (Fsp3) is 0.0233. The van der Waals surface area contributed by atoms with Crippen molar-refractivity contribution in [2.24, 2.45) is 0 Å². The summed E-state index contributed by atoms with van der Waals surface area (Å²) >= 11 is 0. The van der Waals surface area contributed by atoms with Gasteiger partial charge in [0.1, 0.15) is 0 Å². The Bertz CT molecular complexity index is 2890. The van der Waals surface area contributed by atoms with E-state index >= 15 is 0 Å². The molecular formula is C86H100N8O16. The fourth-order valence-corrected chi connectivity index (χ4v) is 5.17. The second-order valence-electron chi connectivity index (χ2n) is 16.8. The Labute approximate surface area is 646 Å². The first-order valence-electron chi connectivity index (χ1n) is 30.8. The van der Waals surface area contributed by atoms with Crippen molar-refractivity contribution in [2.45, 2.75) is 13.8 Å². The van der Waals surface area contributed by atoms with Crippen molar-refractivity contribution >= 4 is 113 Å². The van der Waals surface area contributed by atoms with E-state index in [9.17, 15) is 0 Å². The average molecular weight is 1500 g/mol. The molecule has 0 aliphatic carbocycles. The van der Waals surface area contributed by atoms with E-state index in [1.54, 1.807) is 160 Å². The molecule has 0 aliphatic heterocycles. The van der Waals surface area contributed by atoms with E-state index in [1.165, 1.54) is 11.1 Å². The Morgan fingerprint density at radius 1 is 0.182 bits per heavy atom. The van der Waals surface area contributed by atoms with Crippen molar-refractivity contribution in [2.75, 3.05) is 0 Å². The number of pyridine rings is 8. The van der Waals surface area contributed by atoms with E-state index < -0.39 is 0 Å². The molecule has 8 aromatic heterocycles. The molecule has 8 heterocycles. The summed E-state index contributed by atoms with van der Waals surface area (Å²) in [5, 5.41) is 55.1. The number of carbonyl (C=O) groups is 8. The Kier molecular flexibility index (Phi) is 117. The third-order valence-electron chi connectivity index (χ3n) is 9.60. The zero-order chi connectivity index (χ0) is 85.3. The van der Waals surface area contributed by atoms with Crippen LogP contribution >= 0.6 is 0 Å². The highest BCUT2D eigenvalue weighted by Gasteiger charge is 1.83. The van der Waals surface area contributed by atoms with Crippen LogP contribution in [-0.4, -0.2) is 133 Å². The minimum Gasteiger partial charge on any atom is -0.483 e. The highest BCUT2D eigenvalue weighted by Crippen LogP contribution is 2.02. The van der Waals surface area contributed by atoms with Gasteiger partial charge in [-0.1, -0.05) is 199 Å². The summed E-state index contributed by atoms with van der Waals surface area (Å²) in [5.41, 5.74) is 11.2. The molecule has 2 aromatic carbocycles. The van der Waals surface area contributed by atoms with E-state index in [1.807, 2.05) is 184 Å². The predicted molar refractivity (Wildman–Crippen MR) is 449 cm³/mol. The molecule has 0 amide bonds. The van der Waals surface area contributed by atoms with Gasteiger partial charge >= 0.3 is 0 Å². The van der Waals surface area contributed by atoms with E-state index in [0.29, 0.717) is 0 Å². The van der Waals surface area contributed by atoms with Gasteiger partial charge in [-0.25, -0.2) is 0 Å². The molecule has 0 saturated heterocycles. The van der Waals surface area contributed by atoms with E-state index in [0.717, 1.165) is 44.5 Å². The van der Waals surface area contributed by atoms with Gasteiger partial charge in [-0.15, -0.1) is 13.2 Å². The first kappa shape index (κ1) is 115. The standard InChI is InChI=1S/2C8H8.8C7H7N.2C3H6.8CH2O2/c2*1-2-8-6-4-3-5-7-8;8*1-2-7-3-5-8-6-4-7;2*1-3-2;8*2-1-3/h2*2-7H,1H2;8*2-6H,1H2;2*3H,1H2,2H3;8*1H,(H,2,3). The molecule has 0 spiro atoms. The Morgan fingerprint density at radius 2 is 0.255 bits per heavy atom. The lowest BCUT2D eigenvalue weighted by Gasteiger charge is -1.85. The zero-order valence-corrected chi connectivity index (χ0v) is 61.7. The summed E-state index contributed by atoms with van der Waals surface area (Å²) in [6, 6.07) is 50.6. The summed E-state index contributed by atoms with van der Waals surface area (Å²) in [7, 11) is 0. The minimum absolute atomic E-state index is 0.250. The van der Waals surface area contributed by atoms with Crippen LogP contribution in [0.4, 0.5) is 0 Å². The van der Waals surface area contributed by atoms with Gasteiger partial charge in [0.05, 0.1) is 0 Å². The lowest BCUT2D eigenvalue weighted by Crippen LogP contribution is -1.69. The second-order valence-corrected chi connectivity index (χ2v) is 16.8. The van der Waals surface area contributed by atoms with Gasteiger partial charge in [0.25, 0.3) is 51.8 Å². The van der Waals surface area contributed by atoms with Crippen LogP contribution in [0, 0.1) is 0 Å². The molecule has 8 N–H and O–H groups in total. The molecule has 0 atom stereocenters. The summed E-state index contributed by atoms with van der Waals surface area (Å²) in [6.07, 6.45) is 49.5. The predicted octanol–water partition coefficient (Wildman–Crippen LogP) is 18.4. The van der Waals surface area contributed by atoms with Gasteiger partial charge in [-0.2, -0.15) is 0 Å². The van der Waals surface area contributed by atoms with Crippen LogP contribution < -0.4 is 0 Å². The third-order valence-corrected chi connectivity index (χ3v) is 9.60. The van der Waals surface area contributed by atoms with Crippen molar-refractivity contribution in [1.82, 2.24) is 39.9 Å². The van der Waals surface area contributed by atoms with Crippen molar-refractivity contribution in [3.8, 4) is 0 Å². The lowest BCUT2D eigenvalue weighted by atomic mass is 10.2. The van der Waals surface area contributed by atoms with E-state index in [-0.39, 0.29) is 51.8 Å². The van der Waals surface area contributed by atoms with Gasteiger partial charge in [0.2, 0.25) is 0 Å². The molecule has 110 heavy (non-hydrogen) atoms. The maximum absolute atomic E-state index is 8.36. The Balaban J connectivity index is -0.000000121. The Morgan fingerprint density at radius 3 is 0.309 bits per heavy atom. The van der Waals surface area contributed by atoms with Crippen LogP contribution in [0.5, 0.6) is 0 Å². The summed E-state index contributed by atoms with van der Waals surface area (Å²) in [6.45, 7) is 44.6. The van der Waals surface area contributed by atoms with Crippen LogP contribution in [0.15, 0.2) is 348 Å². The number of benzene rings is 2. The molecule has 0 radical (unpaired) electrons. The number of allylic oxidation sites excluding steroid dienone is 2. The molecule has 580 valence electrons. The average Bonchev–Trinajstić information content (AvgIpc) is 1.47. The fourth-order valence-electron chi connectivity index (χ4n) is 5.17. The van der Waals surface area contributed by atoms with Gasteiger partial charge in [-0.05, 0) is 167 Å². The quantitative estimate of drug-likeness (QED) is 0.0465. The topological polar surface area (TPSA) is 402 Å². The molecule has 10 rings (SSSR count). The second kappa shape index (κ2) is 112. The summed E-state index contributed by atoms with van der Waals surface area (Å²) < 4.78 is 0. The largest absolute Gasteiger partial charge is 0.483 e. The van der Waals surface area contributed by atoms with Crippen LogP contribution in [0.2, 0.25) is 0 Å². The molecule has 0 unspecified atom stereocenters. The molecular weight excluding hydrogens is 1400 g/mol. The molecule has 10 aromatic rings. The molecule has 24 nitrogen and oxygen atoms in total. The smallest absolute Gasteiger partial charge is 0.290 e. The number of carboxylic acid groups (broad SMARTS) is 8. The molecule has 0 saturated carbocycles. The van der Waals surface area contributed by atoms with Gasteiger partial charge in [-0.3, -0.25) is 78.2 Å². The first-order valence-corrected chi connectivity index (χ1v) is 30.8. The maximum atomic E-state index is 8.36. The van der Waals surface area contributed by atoms with Crippen LogP contribution in [-0.2, 0) is 38.4 Å². The summed E-state index contributed by atoms with van der Waals surface area (Å²) in [5.74, 6) is 0. The molecule has 24 heteroatoms. The van der Waals surface area contributed by atoms with Crippen molar-refractivity contribution in [3.63, 3.8) is 0 Å². The number of aromatic nitrogens is 8. The number of hydrogen-bond donors (Lipinski definition) is 8. The highest BCUT2D eigenvalue weighted by atomic mass is 16.4. The van der Waals surface area contributed by atoms with Crippen molar-refractivity contribution in [1.29, 1.82) is 0 Å². The zero-order valence-electron chi connectivity index (χ0n) is 61.7. The number of nitrogens with zero attached hydrogens (tertiary/aromatic N) is 8. The molecule has 0 aliphatic rings. The normalized spacial score (nSPS) is 7.29. The third kappa shape index (κ3) is 108. The van der Waals surface area contributed by atoms with Crippen LogP contribution in [0.25, 0.3) is 60.8 Å².